The standard InChI is InChI=1S/C14H19N2O16P3/c1-28-9(17)3-2-7-5-16(13(20)15-11(7)19)12-10(18)8-4-14(8,30-12)6-29-34(24,25)32-35(26,27)31-33(21,22)23/h2-3,5,8,10,12,18H,4,6H2,1H3,(H,24,25)(H,26,27)(H,15,19,20)(H2,21,22,23)/b3-2+/t8?,10?,12-,14-/m1/s1. The van der Waals surface area contributed by atoms with Gasteiger partial charge in [0, 0.05) is 18.2 Å². The van der Waals surface area contributed by atoms with E-state index in [-0.39, 0.29) is 12.0 Å². The Balaban J connectivity index is 1.74. The van der Waals surface area contributed by atoms with Crippen LogP contribution in [0, 0.1) is 5.92 Å². The summed E-state index contributed by atoms with van der Waals surface area (Å²) in [6.45, 7) is -0.817. The third-order valence-electron chi connectivity index (χ3n) is 4.90. The van der Waals surface area contributed by atoms with Crippen molar-refractivity contribution >= 4 is 35.5 Å². The Morgan fingerprint density at radius 3 is 2.49 bits per heavy atom. The second-order valence-electron chi connectivity index (χ2n) is 7.35. The number of aliphatic hydroxyl groups excluding tert-OH is 1. The number of nitrogens with zero attached hydrogens (tertiary/aromatic N) is 1. The molecule has 196 valence electrons. The van der Waals surface area contributed by atoms with E-state index in [9.17, 15) is 43.0 Å². The number of phosphoric ester groups is 1. The number of methoxy groups -OCH3 is 1. The lowest BCUT2D eigenvalue weighted by Crippen LogP contribution is -2.38. The highest BCUT2D eigenvalue weighted by Crippen LogP contribution is 2.67. The summed E-state index contributed by atoms with van der Waals surface area (Å²) in [6, 6.07) is 0. The lowest BCUT2D eigenvalue weighted by Gasteiger charge is -2.23. The molecule has 35 heavy (non-hydrogen) atoms. The fraction of sp³-hybridized carbons (Fsp3) is 0.500. The van der Waals surface area contributed by atoms with Gasteiger partial charge in [0.2, 0.25) is 0 Å². The summed E-state index contributed by atoms with van der Waals surface area (Å²) >= 11 is 0. The van der Waals surface area contributed by atoms with E-state index in [1.54, 1.807) is 0 Å². The largest absolute Gasteiger partial charge is 0.490 e. The first-order valence-electron chi connectivity index (χ1n) is 9.23. The van der Waals surface area contributed by atoms with Gasteiger partial charge in [-0.3, -0.25) is 18.9 Å². The van der Waals surface area contributed by atoms with E-state index in [0.29, 0.717) is 0 Å². The van der Waals surface area contributed by atoms with Crippen LogP contribution >= 0.6 is 23.5 Å². The summed E-state index contributed by atoms with van der Waals surface area (Å²) < 4.78 is 56.7. The number of ether oxygens (including phenoxy) is 2. The highest BCUT2D eigenvalue weighted by Gasteiger charge is 2.68. The van der Waals surface area contributed by atoms with Crippen molar-refractivity contribution in [1.29, 1.82) is 0 Å². The van der Waals surface area contributed by atoms with Gasteiger partial charge in [-0.05, 0) is 12.5 Å². The summed E-state index contributed by atoms with van der Waals surface area (Å²) in [4.78, 5) is 73.3. The molecular formula is C14H19N2O16P3. The maximum atomic E-state index is 12.3. The first-order chi connectivity index (χ1) is 16.0. The summed E-state index contributed by atoms with van der Waals surface area (Å²) in [6.07, 6.45) is 0.234. The molecule has 3 rings (SSSR count). The molecule has 6 N–H and O–H groups in total. The Labute approximate surface area is 194 Å². The van der Waals surface area contributed by atoms with Gasteiger partial charge in [-0.25, -0.2) is 23.3 Å². The highest BCUT2D eigenvalue weighted by atomic mass is 31.3. The SMILES string of the molecule is COC(=O)/C=C/c1cn([C@@H]2O[C@@]3(COP(=O)(O)OP(=O)(O)OP(=O)(O)O)CC3C2O)c(=O)[nH]c1=O. The average molecular weight is 564 g/mol. The molecule has 1 aliphatic carbocycles. The fourth-order valence-corrected chi connectivity index (χ4v) is 6.42. The van der Waals surface area contributed by atoms with Crippen molar-refractivity contribution in [3.8, 4) is 0 Å². The molecule has 0 radical (unpaired) electrons. The van der Waals surface area contributed by atoms with Crippen LogP contribution in [0.4, 0.5) is 0 Å². The molecule has 1 saturated heterocycles. The van der Waals surface area contributed by atoms with Gasteiger partial charge in [0.1, 0.15) is 11.7 Å². The van der Waals surface area contributed by atoms with Crippen LogP contribution in [0.5, 0.6) is 0 Å². The van der Waals surface area contributed by atoms with Crippen LogP contribution in [0.1, 0.15) is 18.2 Å². The van der Waals surface area contributed by atoms with Crippen LogP contribution in [-0.2, 0) is 41.1 Å². The van der Waals surface area contributed by atoms with E-state index in [2.05, 4.69) is 17.9 Å². The van der Waals surface area contributed by atoms with Gasteiger partial charge in [0.15, 0.2) is 6.23 Å². The first kappa shape index (κ1) is 27.8. The van der Waals surface area contributed by atoms with Gasteiger partial charge in [0.05, 0.1) is 19.3 Å². The number of phosphoric acid groups is 3. The smallest absolute Gasteiger partial charge is 0.466 e. The number of hydrogen-bond donors (Lipinski definition) is 6. The van der Waals surface area contributed by atoms with E-state index in [4.69, 9.17) is 14.5 Å². The minimum atomic E-state index is -5.72. The third kappa shape index (κ3) is 6.71. The maximum Gasteiger partial charge on any atom is 0.490 e. The molecule has 2 aliphatic rings. The van der Waals surface area contributed by atoms with Gasteiger partial charge in [-0.2, -0.15) is 8.62 Å². The number of H-pyrrole nitrogens is 1. The van der Waals surface area contributed by atoms with E-state index in [0.717, 1.165) is 30.0 Å². The van der Waals surface area contributed by atoms with Crippen molar-refractivity contribution in [2.45, 2.75) is 24.4 Å². The second kappa shape index (κ2) is 9.59. The molecule has 2 heterocycles. The predicted molar refractivity (Wildman–Crippen MR) is 109 cm³/mol. The van der Waals surface area contributed by atoms with Gasteiger partial charge < -0.3 is 34.2 Å². The number of hydrogen-bond acceptors (Lipinski definition) is 12. The molecule has 2 fully saturated rings. The number of carbonyl (C=O) groups is 1. The lowest BCUT2D eigenvalue weighted by molar-refractivity contribution is -0.134. The molecule has 0 bridgehead atoms. The number of rotatable bonds is 10. The van der Waals surface area contributed by atoms with Crippen LogP contribution < -0.4 is 11.2 Å². The highest BCUT2D eigenvalue weighted by molar-refractivity contribution is 7.66. The normalized spacial score (nSPS) is 29.4. The van der Waals surface area contributed by atoms with Crippen molar-refractivity contribution in [2.24, 2.45) is 5.92 Å². The molecule has 4 unspecified atom stereocenters. The molecule has 18 nitrogen and oxygen atoms in total. The quantitative estimate of drug-likeness (QED) is 0.110. The van der Waals surface area contributed by atoms with Crippen LogP contribution in [0.3, 0.4) is 0 Å². The molecule has 21 heteroatoms. The Morgan fingerprint density at radius 1 is 1.23 bits per heavy atom. The average Bonchev–Trinajstić information content (AvgIpc) is 3.34. The van der Waals surface area contributed by atoms with Crippen LogP contribution in [-0.4, -0.2) is 65.6 Å². The minimum Gasteiger partial charge on any atom is -0.466 e. The Kier molecular flexibility index (Phi) is 7.62. The molecule has 6 atom stereocenters. The van der Waals surface area contributed by atoms with Gasteiger partial charge in [-0.15, -0.1) is 0 Å². The minimum absolute atomic E-state index is 0.0631. The number of esters is 1. The van der Waals surface area contributed by atoms with Crippen LogP contribution in [0.2, 0.25) is 0 Å². The molecular weight excluding hydrogens is 545 g/mol. The number of nitrogens with one attached hydrogen (secondary N) is 1. The molecule has 1 aromatic rings. The van der Waals surface area contributed by atoms with Crippen molar-refractivity contribution in [1.82, 2.24) is 9.55 Å². The number of fused-ring (bicyclic) bond motifs is 1. The maximum absolute atomic E-state index is 12.3. The number of carbonyl (C=O) groups excluding carboxylic acids is 1. The van der Waals surface area contributed by atoms with Gasteiger partial charge >= 0.3 is 35.1 Å². The van der Waals surface area contributed by atoms with Crippen molar-refractivity contribution in [2.75, 3.05) is 13.7 Å². The molecule has 1 aliphatic heterocycles. The number of aliphatic hydroxyl groups is 1. The van der Waals surface area contributed by atoms with Gasteiger partial charge in [0.25, 0.3) is 5.56 Å². The Hall–Kier alpha value is -1.78. The molecule has 0 spiro atoms. The number of aromatic amines is 1. The van der Waals surface area contributed by atoms with E-state index < -0.39 is 71.1 Å². The van der Waals surface area contributed by atoms with Crippen LogP contribution in [0.25, 0.3) is 6.08 Å². The monoisotopic (exact) mass is 564 g/mol. The summed E-state index contributed by atoms with van der Waals surface area (Å²) in [7, 11) is -15.6. The fourth-order valence-electron chi connectivity index (χ4n) is 3.34. The zero-order valence-electron chi connectivity index (χ0n) is 17.4. The summed E-state index contributed by atoms with van der Waals surface area (Å²) in [5.41, 5.74) is -3.47. The zero-order chi connectivity index (χ0) is 26.4. The van der Waals surface area contributed by atoms with E-state index >= 15 is 0 Å². The number of aromatic nitrogens is 2. The van der Waals surface area contributed by atoms with Gasteiger partial charge in [-0.1, -0.05) is 0 Å². The van der Waals surface area contributed by atoms with Crippen LogP contribution in [0.15, 0.2) is 21.9 Å². The summed E-state index contributed by atoms with van der Waals surface area (Å²) in [5.74, 6) is -1.53. The second-order valence-corrected chi connectivity index (χ2v) is 11.8. The summed E-state index contributed by atoms with van der Waals surface area (Å²) in [5, 5.41) is 10.5. The van der Waals surface area contributed by atoms with Crippen molar-refractivity contribution < 1.29 is 65.8 Å². The molecule has 1 saturated carbocycles. The topological polar surface area (TPSA) is 270 Å². The molecule has 0 amide bonds. The Morgan fingerprint density at radius 2 is 1.89 bits per heavy atom. The third-order valence-corrected chi connectivity index (χ3v) is 8.68. The predicted octanol–water partition coefficient (Wildman–Crippen LogP) is -1.29. The van der Waals surface area contributed by atoms with E-state index in [1.807, 2.05) is 4.98 Å². The van der Waals surface area contributed by atoms with Crippen molar-refractivity contribution in [3.05, 3.63) is 38.7 Å². The first-order valence-corrected chi connectivity index (χ1v) is 13.8. The molecule has 0 aromatic carbocycles. The Bertz CT molecular complexity index is 1300. The van der Waals surface area contributed by atoms with E-state index in [1.165, 1.54) is 0 Å². The zero-order valence-corrected chi connectivity index (χ0v) is 20.1. The van der Waals surface area contributed by atoms with Crippen molar-refractivity contribution in [3.63, 3.8) is 0 Å². The lowest BCUT2D eigenvalue weighted by atomic mass is 10.2. The molecule has 1 aromatic heterocycles.